The van der Waals surface area contributed by atoms with E-state index >= 15 is 0 Å². The van der Waals surface area contributed by atoms with Gasteiger partial charge in [0.05, 0.1) is 18.4 Å². The SMILES string of the molecule is COc1ccc2c(c1)[C@]13CCN(CC4CC4)[C@H](C2)[C@]1(O)Cc1c(nn(CC2CC2)c1C)C3. The molecule has 0 radical (unpaired) electrons. The van der Waals surface area contributed by atoms with E-state index in [2.05, 4.69) is 34.7 Å². The molecule has 7 rings (SSSR count). The number of likely N-dealkylation sites (tertiary alicyclic amines) is 1. The minimum atomic E-state index is -0.745. The Hall–Kier alpha value is -1.85. The van der Waals surface area contributed by atoms with Crippen molar-refractivity contribution in [2.24, 2.45) is 11.8 Å². The van der Waals surface area contributed by atoms with Gasteiger partial charge in [0, 0.05) is 43.1 Å². The van der Waals surface area contributed by atoms with Gasteiger partial charge in [-0.2, -0.15) is 5.10 Å². The van der Waals surface area contributed by atoms with Crippen molar-refractivity contribution in [3.05, 3.63) is 46.3 Å². The van der Waals surface area contributed by atoms with Crippen LogP contribution < -0.4 is 4.74 Å². The number of hydrogen-bond acceptors (Lipinski definition) is 4. The summed E-state index contributed by atoms with van der Waals surface area (Å²) in [5.41, 5.74) is 5.56. The second-order valence-electron chi connectivity index (χ2n) is 11.4. The number of nitrogens with zero attached hydrogens (tertiary/aromatic N) is 3. The third kappa shape index (κ3) is 2.67. The van der Waals surface area contributed by atoms with Crippen LogP contribution in [0.2, 0.25) is 0 Å². The number of benzene rings is 1. The number of aromatic nitrogens is 2. The number of aliphatic hydroxyl groups is 1. The first-order valence-corrected chi connectivity index (χ1v) is 12.7. The maximum absolute atomic E-state index is 12.7. The summed E-state index contributed by atoms with van der Waals surface area (Å²) in [6.07, 6.45) is 8.92. The Morgan fingerprint density at radius 2 is 1.91 bits per heavy atom. The molecule has 2 bridgehead atoms. The number of ether oxygens (including phenoxy) is 1. The fourth-order valence-corrected chi connectivity index (χ4v) is 7.28. The molecule has 1 aromatic heterocycles. The van der Waals surface area contributed by atoms with E-state index in [0.29, 0.717) is 0 Å². The summed E-state index contributed by atoms with van der Waals surface area (Å²) in [4.78, 5) is 2.65. The topological polar surface area (TPSA) is 50.5 Å². The van der Waals surface area contributed by atoms with Gasteiger partial charge < -0.3 is 9.84 Å². The zero-order chi connectivity index (χ0) is 21.7. The van der Waals surface area contributed by atoms with Crippen LogP contribution in [0.15, 0.2) is 18.2 Å². The molecule has 1 saturated heterocycles. The van der Waals surface area contributed by atoms with Gasteiger partial charge in [0.1, 0.15) is 5.75 Å². The molecule has 0 unspecified atom stereocenters. The monoisotopic (exact) mass is 433 g/mol. The fourth-order valence-electron chi connectivity index (χ4n) is 7.28. The van der Waals surface area contributed by atoms with Gasteiger partial charge in [-0.25, -0.2) is 0 Å². The van der Waals surface area contributed by atoms with E-state index in [-0.39, 0.29) is 11.5 Å². The standard InChI is InChI=1S/C27H35N3O2/c1-17-22-13-27(31)25-11-20-7-8-21(32-2)12-23(20)26(27,9-10-29(25)15-18-3-4-18)14-24(22)28-30(17)16-19-5-6-19/h7-8,12,18-19,25,31H,3-6,9-11,13-16H2,1-2H3/t25-,26-,27-/m1/s1. The molecule has 5 nitrogen and oxygen atoms in total. The molecule has 32 heavy (non-hydrogen) atoms. The number of piperidine rings is 1. The van der Waals surface area contributed by atoms with Gasteiger partial charge in [-0.1, -0.05) is 6.07 Å². The van der Waals surface area contributed by atoms with Crippen LogP contribution in [0.3, 0.4) is 0 Å². The Morgan fingerprint density at radius 3 is 2.66 bits per heavy atom. The summed E-state index contributed by atoms with van der Waals surface area (Å²) in [5, 5.41) is 17.9. The van der Waals surface area contributed by atoms with Crippen LogP contribution in [0.1, 0.15) is 60.2 Å². The van der Waals surface area contributed by atoms with E-state index < -0.39 is 5.60 Å². The predicted octanol–water partition coefficient (Wildman–Crippen LogP) is 3.42. The fraction of sp³-hybridized carbons (Fsp3) is 0.667. The lowest BCUT2D eigenvalue weighted by Gasteiger charge is -2.63. The predicted molar refractivity (Wildman–Crippen MR) is 123 cm³/mol. The van der Waals surface area contributed by atoms with E-state index in [9.17, 15) is 5.11 Å². The van der Waals surface area contributed by atoms with Crippen molar-refractivity contribution in [2.75, 3.05) is 20.2 Å². The van der Waals surface area contributed by atoms with Gasteiger partial charge in [-0.05, 0) is 92.7 Å². The summed E-state index contributed by atoms with van der Waals surface area (Å²) in [6.45, 7) is 5.51. The smallest absolute Gasteiger partial charge is 0.119 e. The molecule has 3 atom stereocenters. The minimum Gasteiger partial charge on any atom is -0.497 e. The van der Waals surface area contributed by atoms with E-state index in [1.54, 1.807) is 7.11 Å². The molecule has 1 aliphatic heterocycles. The summed E-state index contributed by atoms with van der Waals surface area (Å²) >= 11 is 0. The zero-order valence-corrected chi connectivity index (χ0v) is 19.4. The van der Waals surface area contributed by atoms with Crippen molar-refractivity contribution < 1.29 is 9.84 Å². The molecule has 5 heteroatoms. The quantitative estimate of drug-likeness (QED) is 0.785. The van der Waals surface area contributed by atoms with Crippen LogP contribution in [-0.4, -0.2) is 51.6 Å². The van der Waals surface area contributed by atoms with Gasteiger partial charge in [-0.3, -0.25) is 9.58 Å². The van der Waals surface area contributed by atoms with Crippen molar-refractivity contribution in [1.82, 2.24) is 14.7 Å². The van der Waals surface area contributed by atoms with Gasteiger partial charge >= 0.3 is 0 Å². The molecule has 1 aromatic carbocycles. The van der Waals surface area contributed by atoms with Crippen molar-refractivity contribution in [1.29, 1.82) is 0 Å². The number of fused-ring (bicyclic) bond motifs is 2. The van der Waals surface area contributed by atoms with Crippen molar-refractivity contribution >= 4 is 0 Å². The number of rotatable bonds is 5. The molecular weight excluding hydrogens is 398 g/mol. The molecule has 3 fully saturated rings. The first-order valence-electron chi connectivity index (χ1n) is 12.7. The van der Waals surface area contributed by atoms with E-state index in [0.717, 1.165) is 62.9 Å². The van der Waals surface area contributed by atoms with Crippen LogP contribution in [-0.2, 0) is 31.2 Å². The van der Waals surface area contributed by atoms with Gasteiger partial charge in [0.15, 0.2) is 0 Å². The minimum absolute atomic E-state index is 0.192. The van der Waals surface area contributed by atoms with Crippen LogP contribution in [0.25, 0.3) is 0 Å². The molecule has 2 heterocycles. The maximum atomic E-state index is 12.7. The number of hydrogen-bond donors (Lipinski definition) is 1. The molecule has 1 N–H and O–H groups in total. The first-order chi connectivity index (χ1) is 15.5. The van der Waals surface area contributed by atoms with Crippen molar-refractivity contribution in [3.8, 4) is 5.75 Å². The van der Waals surface area contributed by atoms with Crippen LogP contribution in [0, 0.1) is 18.8 Å². The molecule has 5 aliphatic rings. The van der Waals surface area contributed by atoms with Gasteiger partial charge in [0.25, 0.3) is 0 Å². The Bertz CT molecular complexity index is 1080. The highest BCUT2D eigenvalue weighted by atomic mass is 16.5. The molecular formula is C27H35N3O2. The van der Waals surface area contributed by atoms with Gasteiger partial charge in [-0.15, -0.1) is 0 Å². The maximum Gasteiger partial charge on any atom is 0.119 e. The average Bonchev–Trinajstić information content (AvgIpc) is 3.71. The lowest BCUT2D eigenvalue weighted by Crippen LogP contribution is -2.74. The molecule has 2 aromatic rings. The highest BCUT2D eigenvalue weighted by Gasteiger charge is 2.65. The highest BCUT2D eigenvalue weighted by molar-refractivity contribution is 5.52. The Labute approximate surface area is 190 Å². The molecule has 2 saturated carbocycles. The second-order valence-corrected chi connectivity index (χ2v) is 11.4. The Morgan fingerprint density at radius 1 is 1.12 bits per heavy atom. The summed E-state index contributed by atoms with van der Waals surface area (Å²) < 4.78 is 7.90. The van der Waals surface area contributed by atoms with Crippen LogP contribution in [0.4, 0.5) is 0 Å². The highest BCUT2D eigenvalue weighted by Crippen LogP contribution is 2.58. The zero-order valence-electron chi connectivity index (χ0n) is 19.4. The Kier molecular flexibility index (Phi) is 4.04. The molecule has 170 valence electrons. The lowest BCUT2D eigenvalue weighted by molar-refractivity contribution is -0.152. The average molecular weight is 434 g/mol. The third-order valence-corrected chi connectivity index (χ3v) is 9.54. The summed E-state index contributed by atoms with van der Waals surface area (Å²) in [6, 6.07) is 6.78. The second kappa shape index (κ2) is 6.60. The van der Waals surface area contributed by atoms with E-state index in [1.165, 1.54) is 53.8 Å². The first kappa shape index (κ1) is 19.6. The normalized spacial score (nSPS) is 33.4. The van der Waals surface area contributed by atoms with Crippen molar-refractivity contribution in [3.63, 3.8) is 0 Å². The molecule has 0 spiro atoms. The number of methoxy groups -OCH3 is 1. The van der Waals surface area contributed by atoms with E-state index in [1.807, 2.05) is 0 Å². The molecule has 4 aliphatic carbocycles. The lowest BCUT2D eigenvalue weighted by atomic mass is 9.49. The molecule has 0 amide bonds. The van der Waals surface area contributed by atoms with Crippen LogP contribution >= 0.6 is 0 Å². The summed E-state index contributed by atoms with van der Waals surface area (Å²) in [5.74, 6) is 2.54. The third-order valence-electron chi connectivity index (χ3n) is 9.54. The Balaban J connectivity index is 1.37. The summed E-state index contributed by atoms with van der Waals surface area (Å²) in [7, 11) is 1.75. The van der Waals surface area contributed by atoms with E-state index in [4.69, 9.17) is 9.84 Å². The van der Waals surface area contributed by atoms with Crippen molar-refractivity contribution in [2.45, 2.75) is 81.9 Å². The van der Waals surface area contributed by atoms with Crippen LogP contribution in [0.5, 0.6) is 5.75 Å². The van der Waals surface area contributed by atoms with Gasteiger partial charge in [0.2, 0.25) is 0 Å². The largest absolute Gasteiger partial charge is 0.497 e.